The number of nitrogens with zero attached hydrogens (tertiary/aromatic N) is 3. The van der Waals surface area contributed by atoms with Crippen molar-refractivity contribution in [3.63, 3.8) is 0 Å². The minimum Gasteiger partial charge on any atom is -0.462 e. The quantitative estimate of drug-likeness (QED) is 0.600. The normalized spacial score (nSPS) is 10.2. The number of ether oxygens (including phenoxy) is 1. The van der Waals surface area contributed by atoms with Gasteiger partial charge in [0.25, 0.3) is 0 Å². The third-order valence-corrected chi connectivity index (χ3v) is 4.29. The predicted octanol–water partition coefficient (Wildman–Crippen LogP) is 4.43. The molecule has 0 aliphatic rings. The van der Waals surface area contributed by atoms with Crippen molar-refractivity contribution in [1.82, 2.24) is 4.98 Å². The maximum Gasteiger partial charge on any atom is 0.340 e. The molecule has 0 radical (unpaired) electrons. The summed E-state index contributed by atoms with van der Waals surface area (Å²) in [5, 5.41) is 9.66. The van der Waals surface area contributed by atoms with Gasteiger partial charge in [0.1, 0.15) is 11.9 Å². The summed E-state index contributed by atoms with van der Waals surface area (Å²) in [5.74, 6) is 0.0425. The molecule has 140 valence electrons. The fourth-order valence-electron chi connectivity index (χ4n) is 2.99. The molecule has 0 amide bonds. The van der Waals surface area contributed by atoms with Gasteiger partial charge < -0.3 is 9.64 Å². The van der Waals surface area contributed by atoms with E-state index < -0.39 is 5.97 Å². The van der Waals surface area contributed by atoms with Crippen molar-refractivity contribution in [3.05, 3.63) is 83.4 Å². The Morgan fingerprint density at radius 1 is 1.11 bits per heavy atom. The Labute approximate surface area is 164 Å². The highest BCUT2D eigenvalue weighted by atomic mass is 16.5. The zero-order valence-electron chi connectivity index (χ0n) is 15.9. The zero-order chi connectivity index (χ0) is 19.9. The first-order valence-electron chi connectivity index (χ1n) is 9.06. The zero-order valence-corrected chi connectivity index (χ0v) is 15.9. The number of anilines is 1. The highest BCUT2D eigenvalue weighted by Gasteiger charge is 2.21. The number of pyridine rings is 1. The van der Waals surface area contributed by atoms with Crippen molar-refractivity contribution >= 4 is 11.8 Å². The number of nitriles is 1. The lowest BCUT2D eigenvalue weighted by molar-refractivity contribution is 0.0527. The summed E-state index contributed by atoms with van der Waals surface area (Å²) in [7, 11) is 1.88. The number of hydrogen-bond donors (Lipinski definition) is 0. The van der Waals surface area contributed by atoms with Crippen LogP contribution in [0.4, 0.5) is 5.82 Å². The molecule has 0 bridgehead atoms. The lowest BCUT2D eigenvalue weighted by Crippen LogP contribution is -2.20. The van der Waals surface area contributed by atoms with Gasteiger partial charge in [-0.25, -0.2) is 9.78 Å². The van der Waals surface area contributed by atoms with Crippen LogP contribution in [0.5, 0.6) is 0 Å². The molecule has 0 unspecified atom stereocenters. The Bertz CT molecular complexity index is 996. The topological polar surface area (TPSA) is 66.2 Å². The molecule has 0 aliphatic carbocycles. The van der Waals surface area contributed by atoms with Crippen LogP contribution >= 0.6 is 0 Å². The van der Waals surface area contributed by atoms with E-state index in [1.807, 2.05) is 72.6 Å². The molecule has 5 heteroatoms. The molecular formula is C23H21N3O2. The van der Waals surface area contributed by atoms with Crippen LogP contribution in [-0.4, -0.2) is 24.6 Å². The minimum absolute atomic E-state index is 0.255. The summed E-state index contributed by atoms with van der Waals surface area (Å²) in [5.41, 5.74) is 3.03. The lowest BCUT2D eigenvalue weighted by Gasteiger charge is -2.21. The predicted molar refractivity (Wildman–Crippen MR) is 109 cm³/mol. The lowest BCUT2D eigenvalue weighted by atomic mass is 10.0. The molecule has 3 aromatic rings. The molecule has 0 atom stereocenters. The first kappa shape index (κ1) is 19.1. The average molecular weight is 371 g/mol. The van der Waals surface area contributed by atoms with Crippen molar-refractivity contribution in [2.45, 2.75) is 13.5 Å². The van der Waals surface area contributed by atoms with E-state index in [9.17, 15) is 10.1 Å². The second kappa shape index (κ2) is 8.83. The van der Waals surface area contributed by atoms with Crippen LogP contribution in [0.15, 0.2) is 66.7 Å². The standard InChI is InChI=1S/C23H21N3O2/c1-3-28-23(27)20-14-19(15-24)22(25-21(20)18-12-8-5-9-13-18)26(2)16-17-10-6-4-7-11-17/h4-14H,3,16H2,1-2H3. The summed E-state index contributed by atoms with van der Waals surface area (Å²) in [6.07, 6.45) is 0. The van der Waals surface area contributed by atoms with Crippen LogP contribution in [0.2, 0.25) is 0 Å². The molecule has 28 heavy (non-hydrogen) atoms. The second-order valence-corrected chi connectivity index (χ2v) is 6.30. The summed E-state index contributed by atoms with van der Waals surface area (Å²) in [6, 6.07) is 23.1. The smallest absolute Gasteiger partial charge is 0.340 e. The van der Waals surface area contributed by atoms with E-state index in [4.69, 9.17) is 9.72 Å². The first-order valence-corrected chi connectivity index (χ1v) is 9.06. The number of carbonyl (C=O) groups excluding carboxylic acids is 1. The van der Waals surface area contributed by atoms with Crippen molar-refractivity contribution < 1.29 is 9.53 Å². The van der Waals surface area contributed by atoms with Gasteiger partial charge in [-0.3, -0.25) is 0 Å². The largest absolute Gasteiger partial charge is 0.462 e. The number of carbonyl (C=O) groups is 1. The van der Waals surface area contributed by atoms with Gasteiger partial charge >= 0.3 is 5.97 Å². The van der Waals surface area contributed by atoms with Crippen molar-refractivity contribution in [3.8, 4) is 17.3 Å². The molecule has 0 saturated carbocycles. The molecular weight excluding hydrogens is 350 g/mol. The molecule has 1 aromatic heterocycles. The van der Waals surface area contributed by atoms with E-state index in [1.165, 1.54) is 0 Å². The monoisotopic (exact) mass is 371 g/mol. The fourth-order valence-corrected chi connectivity index (χ4v) is 2.99. The SMILES string of the molecule is CCOC(=O)c1cc(C#N)c(N(C)Cc2ccccc2)nc1-c1ccccc1. The van der Waals surface area contributed by atoms with E-state index in [1.54, 1.807) is 13.0 Å². The molecule has 2 aromatic carbocycles. The van der Waals surface area contributed by atoms with Crippen LogP contribution in [0, 0.1) is 11.3 Å². The maximum atomic E-state index is 12.5. The Balaban J connectivity index is 2.10. The molecule has 3 rings (SSSR count). The molecule has 0 fully saturated rings. The van der Waals surface area contributed by atoms with Gasteiger partial charge in [0.05, 0.1) is 23.4 Å². The first-order chi connectivity index (χ1) is 13.6. The van der Waals surface area contributed by atoms with Gasteiger partial charge in [-0.1, -0.05) is 60.7 Å². The molecule has 5 nitrogen and oxygen atoms in total. The fraction of sp³-hybridized carbons (Fsp3) is 0.174. The van der Waals surface area contributed by atoms with Crippen molar-refractivity contribution in [2.75, 3.05) is 18.6 Å². The van der Waals surface area contributed by atoms with Crippen LogP contribution in [0.1, 0.15) is 28.4 Å². The summed E-state index contributed by atoms with van der Waals surface area (Å²) in [4.78, 5) is 19.1. The number of benzene rings is 2. The highest BCUT2D eigenvalue weighted by molar-refractivity contribution is 5.97. The van der Waals surface area contributed by atoms with Crippen LogP contribution in [0.3, 0.4) is 0 Å². The molecule has 0 spiro atoms. The van der Waals surface area contributed by atoms with Crippen molar-refractivity contribution in [1.29, 1.82) is 5.26 Å². The molecule has 0 N–H and O–H groups in total. The van der Waals surface area contributed by atoms with E-state index >= 15 is 0 Å². The summed E-state index contributed by atoms with van der Waals surface area (Å²) in [6.45, 7) is 2.60. The van der Waals surface area contributed by atoms with E-state index in [0.717, 1.165) is 11.1 Å². The van der Waals surface area contributed by atoms with E-state index in [-0.39, 0.29) is 6.61 Å². The van der Waals surface area contributed by atoms with Crippen LogP contribution in [-0.2, 0) is 11.3 Å². The third kappa shape index (κ3) is 4.18. The average Bonchev–Trinajstić information content (AvgIpc) is 2.74. The van der Waals surface area contributed by atoms with E-state index in [0.29, 0.717) is 29.2 Å². The second-order valence-electron chi connectivity index (χ2n) is 6.30. The van der Waals surface area contributed by atoms with Crippen LogP contribution in [0.25, 0.3) is 11.3 Å². The minimum atomic E-state index is -0.484. The van der Waals surface area contributed by atoms with Crippen LogP contribution < -0.4 is 4.90 Å². The van der Waals surface area contributed by atoms with Gasteiger partial charge in [0, 0.05) is 19.2 Å². The Hall–Kier alpha value is -3.65. The maximum absolute atomic E-state index is 12.5. The summed E-state index contributed by atoms with van der Waals surface area (Å²) >= 11 is 0. The van der Waals surface area contributed by atoms with Gasteiger partial charge in [0.15, 0.2) is 0 Å². The molecule has 1 heterocycles. The van der Waals surface area contributed by atoms with Crippen molar-refractivity contribution in [2.24, 2.45) is 0 Å². The Morgan fingerprint density at radius 2 is 1.75 bits per heavy atom. The summed E-state index contributed by atoms with van der Waals surface area (Å²) < 4.78 is 5.18. The highest BCUT2D eigenvalue weighted by Crippen LogP contribution is 2.29. The molecule has 0 saturated heterocycles. The number of hydrogen-bond acceptors (Lipinski definition) is 5. The van der Waals surface area contributed by atoms with Gasteiger partial charge in [-0.05, 0) is 18.6 Å². The van der Waals surface area contributed by atoms with E-state index in [2.05, 4.69) is 6.07 Å². The third-order valence-electron chi connectivity index (χ3n) is 4.29. The Kier molecular flexibility index (Phi) is 6.03. The Morgan fingerprint density at radius 3 is 2.36 bits per heavy atom. The van der Waals surface area contributed by atoms with Gasteiger partial charge in [-0.15, -0.1) is 0 Å². The number of esters is 1. The number of rotatable bonds is 6. The van der Waals surface area contributed by atoms with Gasteiger partial charge in [-0.2, -0.15) is 5.26 Å². The molecule has 0 aliphatic heterocycles. The number of aromatic nitrogens is 1. The van der Waals surface area contributed by atoms with Gasteiger partial charge in [0.2, 0.25) is 0 Å².